The largest absolute Gasteiger partial charge is 0.325 e. The van der Waals surface area contributed by atoms with Crippen molar-refractivity contribution in [3.8, 4) is 0 Å². The van der Waals surface area contributed by atoms with Crippen molar-refractivity contribution in [3.05, 3.63) is 58.6 Å². The number of rotatable bonds is 6. The van der Waals surface area contributed by atoms with Crippen LogP contribution in [0.2, 0.25) is 0 Å². The maximum atomic E-state index is 12.0. The first kappa shape index (κ1) is 17.1. The van der Waals surface area contributed by atoms with Crippen molar-refractivity contribution in [2.45, 2.75) is 31.1 Å². The van der Waals surface area contributed by atoms with Crippen LogP contribution in [0.5, 0.6) is 0 Å². The Labute approximate surface area is 144 Å². The van der Waals surface area contributed by atoms with Gasteiger partial charge in [-0.1, -0.05) is 41.9 Å². The topological polar surface area (TPSA) is 29.1 Å². The van der Waals surface area contributed by atoms with Crippen LogP contribution in [0.15, 0.2) is 57.9 Å². The van der Waals surface area contributed by atoms with Crippen LogP contribution in [0.4, 0.5) is 5.69 Å². The molecule has 0 saturated carbocycles. The van der Waals surface area contributed by atoms with Crippen LogP contribution in [-0.2, 0) is 4.79 Å². The summed E-state index contributed by atoms with van der Waals surface area (Å²) in [6.45, 7) is 4.39. The van der Waals surface area contributed by atoms with Gasteiger partial charge in [-0.05, 0) is 54.3 Å². The predicted octanol–water partition coefficient (Wildman–Crippen LogP) is 5.69. The van der Waals surface area contributed by atoms with Gasteiger partial charge >= 0.3 is 0 Å². The molecule has 2 aromatic carbocycles. The molecule has 0 radical (unpaired) electrons. The molecular formula is C18H20BrNOS. The molecule has 0 fully saturated rings. The van der Waals surface area contributed by atoms with Gasteiger partial charge in [0.1, 0.15) is 0 Å². The van der Waals surface area contributed by atoms with E-state index in [0.29, 0.717) is 11.7 Å². The first-order chi connectivity index (χ1) is 10.6. The Balaban J connectivity index is 1.85. The van der Waals surface area contributed by atoms with Crippen molar-refractivity contribution in [1.29, 1.82) is 0 Å². The van der Waals surface area contributed by atoms with Crippen LogP contribution in [0, 0.1) is 0 Å². The van der Waals surface area contributed by atoms with E-state index in [0.717, 1.165) is 21.5 Å². The third-order valence-electron chi connectivity index (χ3n) is 3.56. The molecule has 1 amide bonds. The first-order valence-electron chi connectivity index (χ1n) is 7.36. The van der Waals surface area contributed by atoms with Crippen LogP contribution in [-0.4, -0.2) is 11.7 Å². The van der Waals surface area contributed by atoms with Gasteiger partial charge in [-0.3, -0.25) is 4.79 Å². The molecule has 0 saturated heterocycles. The number of nitrogens with one attached hydrogen (secondary N) is 1. The Morgan fingerprint density at radius 3 is 2.36 bits per heavy atom. The molecule has 22 heavy (non-hydrogen) atoms. The minimum Gasteiger partial charge on any atom is -0.325 e. The highest BCUT2D eigenvalue weighted by molar-refractivity contribution is 9.10. The van der Waals surface area contributed by atoms with Gasteiger partial charge in [-0.15, -0.1) is 11.8 Å². The summed E-state index contributed by atoms with van der Waals surface area (Å²) in [6.07, 6.45) is 1.12. The van der Waals surface area contributed by atoms with Gasteiger partial charge in [-0.25, -0.2) is 0 Å². The normalized spacial score (nSPS) is 12.0. The highest BCUT2D eigenvalue weighted by Crippen LogP contribution is 2.22. The number of carbonyl (C=O) groups is 1. The SMILES string of the molecule is CC[C@H](C)c1ccc(NC(=O)CSc2ccc(Br)cc2)cc1. The van der Waals surface area contributed by atoms with E-state index in [1.165, 1.54) is 17.3 Å². The summed E-state index contributed by atoms with van der Waals surface area (Å²) < 4.78 is 1.04. The quantitative estimate of drug-likeness (QED) is 0.654. The smallest absolute Gasteiger partial charge is 0.234 e. The lowest BCUT2D eigenvalue weighted by Crippen LogP contribution is -2.13. The second-order valence-electron chi connectivity index (χ2n) is 5.22. The van der Waals surface area contributed by atoms with Crippen molar-refractivity contribution < 1.29 is 4.79 Å². The second-order valence-corrected chi connectivity index (χ2v) is 7.19. The van der Waals surface area contributed by atoms with Crippen molar-refractivity contribution in [1.82, 2.24) is 0 Å². The Morgan fingerprint density at radius 1 is 1.14 bits per heavy atom. The molecule has 4 heteroatoms. The van der Waals surface area contributed by atoms with Gasteiger partial charge in [0, 0.05) is 15.1 Å². The molecule has 0 heterocycles. The molecule has 0 aromatic heterocycles. The lowest BCUT2D eigenvalue weighted by molar-refractivity contribution is -0.113. The number of benzene rings is 2. The average Bonchev–Trinajstić information content (AvgIpc) is 2.54. The summed E-state index contributed by atoms with van der Waals surface area (Å²) >= 11 is 4.94. The fraction of sp³-hybridized carbons (Fsp3) is 0.278. The van der Waals surface area contributed by atoms with E-state index in [2.05, 4.69) is 47.2 Å². The standard InChI is InChI=1S/C18H20BrNOS/c1-3-13(2)14-4-8-16(9-5-14)20-18(21)12-22-17-10-6-15(19)7-11-17/h4-11,13H,3,12H2,1-2H3,(H,20,21)/t13-/m0/s1. The zero-order valence-electron chi connectivity index (χ0n) is 12.8. The number of thioether (sulfide) groups is 1. The number of hydrogen-bond acceptors (Lipinski definition) is 2. The Morgan fingerprint density at radius 2 is 1.77 bits per heavy atom. The van der Waals surface area contributed by atoms with E-state index in [1.54, 1.807) is 0 Å². The van der Waals surface area contributed by atoms with Crippen LogP contribution >= 0.6 is 27.7 Å². The number of hydrogen-bond donors (Lipinski definition) is 1. The molecule has 1 N–H and O–H groups in total. The molecule has 1 atom stereocenters. The molecule has 0 spiro atoms. The summed E-state index contributed by atoms with van der Waals surface area (Å²) in [6, 6.07) is 16.1. The van der Waals surface area contributed by atoms with E-state index < -0.39 is 0 Å². The van der Waals surface area contributed by atoms with E-state index in [-0.39, 0.29) is 5.91 Å². The lowest BCUT2D eigenvalue weighted by Gasteiger charge is -2.10. The van der Waals surface area contributed by atoms with Crippen LogP contribution in [0.25, 0.3) is 0 Å². The molecule has 0 bridgehead atoms. The summed E-state index contributed by atoms with van der Waals surface area (Å²) in [4.78, 5) is 13.1. The van der Waals surface area contributed by atoms with Gasteiger partial charge in [-0.2, -0.15) is 0 Å². The van der Waals surface area contributed by atoms with Crippen molar-refractivity contribution in [2.24, 2.45) is 0 Å². The Hall–Kier alpha value is -1.26. The highest BCUT2D eigenvalue weighted by atomic mass is 79.9. The molecule has 2 nitrogen and oxygen atoms in total. The van der Waals surface area contributed by atoms with Crippen LogP contribution in [0.3, 0.4) is 0 Å². The van der Waals surface area contributed by atoms with Gasteiger partial charge in [0.2, 0.25) is 5.91 Å². The first-order valence-corrected chi connectivity index (χ1v) is 9.14. The van der Waals surface area contributed by atoms with Gasteiger partial charge in [0.15, 0.2) is 0 Å². The monoisotopic (exact) mass is 377 g/mol. The molecule has 2 aromatic rings. The summed E-state index contributed by atoms with van der Waals surface area (Å²) in [5.41, 5.74) is 2.16. The number of amides is 1. The highest BCUT2D eigenvalue weighted by Gasteiger charge is 2.06. The van der Waals surface area contributed by atoms with Crippen molar-refractivity contribution in [2.75, 3.05) is 11.1 Å². The number of carbonyl (C=O) groups excluding carboxylic acids is 1. The predicted molar refractivity (Wildman–Crippen MR) is 98.6 cm³/mol. The lowest BCUT2D eigenvalue weighted by atomic mass is 9.99. The third-order valence-corrected chi connectivity index (χ3v) is 5.10. The fourth-order valence-electron chi connectivity index (χ4n) is 2.01. The Kier molecular flexibility index (Phi) is 6.52. The molecule has 116 valence electrons. The van der Waals surface area contributed by atoms with Crippen LogP contribution < -0.4 is 5.32 Å². The van der Waals surface area contributed by atoms with E-state index in [4.69, 9.17) is 0 Å². The maximum absolute atomic E-state index is 12.0. The van der Waals surface area contributed by atoms with Gasteiger partial charge in [0.25, 0.3) is 0 Å². The van der Waals surface area contributed by atoms with E-state index in [9.17, 15) is 4.79 Å². The molecule has 0 unspecified atom stereocenters. The zero-order valence-corrected chi connectivity index (χ0v) is 15.2. The second kappa shape index (κ2) is 8.39. The van der Waals surface area contributed by atoms with E-state index in [1.807, 2.05) is 36.4 Å². The summed E-state index contributed by atoms with van der Waals surface area (Å²) in [5.74, 6) is 0.983. The van der Waals surface area contributed by atoms with Crippen molar-refractivity contribution in [3.63, 3.8) is 0 Å². The number of anilines is 1. The van der Waals surface area contributed by atoms with Gasteiger partial charge < -0.3 is 5.32 Å². The minimum atomic E-state index is 0.0178. The molecule has 0 aliphatic rings. The maximum Gasteiger partial charge on any atom is 0.234 e. The molecule has 2 rings (SSSR count). The van der Waals surface area contributed by atoms with E-state index >= 15 is 0 Å². The van der Waals surface area contributed by atoms with Crippen molar-refractivity contribution >= 4 is 39.3 Å². The Bertz CT molecular complexity index is 610. The molecular weight excluding hydrogens is 358 g/mol. The summed E-state index contributed by atoms with van der Waals surface area (Å²) in [5, 5.41) is 2.94. The van der Waals surface area contributed by atoms with Crippen LogP contribution in [0.1, 0.15) is 31.7 Å². The third kappa shape index (κ3) is 5.18. The molecule has 0 aliphatic heterocycles. The fourth-order valence-corrected chi connectivity index (χ4v) is 2.97. The minimum absolute atomic E-state index is 0.0178. The molecule has 0 aliphatic carbocycles. The average molecular weight is 378 g/mol. The summed E-state index contributed by atoms with van der Waals surface area (Å²) in [7, 11) is 0. The van der Waals surface area contributed by atoms with Gasteiger partial charge in [0.05, 0.1) is 5.75 Å². The zero-order chi connectivity index (χ0) is 15.9. The number of halogens is 1.